The van der Waals surface area contributed by atoms with E-state index in [4.69, 9.17) is 5.10 Å². The molecular formula is C24H16N6O2S. The van der Waals surface area contributed by atoms with Gasteiger partial charge in [-0.1, -0.05) is 53.8 Å². The zero-order valence-corrected chi connectivity index (χ0v) is 18.0. The first-order chi connectivity index (χ1) is 16.2. The molecule has 1 aliphatic heterocycles. The van der Waals surface area contributed by atoms with Gasteiger partial charge in [-0.2, -0.15) is 9.61 Å². The summed E-state index contributed by atoms with van der Waals surface area (Å²) in [7, 11) is 0. The molecule has 0 spiro atoms. The smallest absolute Gasteiger partial charge is 0.262 e. The fraction of sp³-hybridized carbons (Fsp3) is 0.0833. The van der Waals surface area contributed by atoms with Crippen molar-refractivity contribution >= 4 is 28.1 Å². The van der Waals surface area contributed by atoms with Gasteiger partial charge >= 0.3 is 0 Å². The Morgan fingerprint density at radius 2 is 1.48 bits per heavy atom. The SMILES string of the molecule is O=C1c2ccccc2C(=O)N1[C@@H](Cc1ccccc1)c1nn2c(-c3ccncc3)nnc2s1. The second-order valence-corrected chi connectivity index (χ2v) is 8.61. The molecule has 8 nitrogen and oxygen atoms in total. The monoisotopic (exact) mass is 452 g/mol. The highest BCUT2D eigenvalue weighted by Gasteiger charge is 2.42. The van der Waals surface area contributed by atoms with E-state index in [1.807, 2.05) is 42.5 Å². The first-order valence-corrected chi connectivity index (χ1v) is 11.2. The number of fused-ring (bicyclic) bond motifs is 2. The molecule has 2 amide bonds. The molecule has 33 heavy (non-hydrogen) atoms. The fourth-order valence-corrected chi connectivity index (χ4v) is 4.99. The van der Waals surface area contributed by atoms with E-state index in [1.54, 1.807) is 41.2 Å². The van der Waals surface area contributed by atoms with Crippen molar-refractivity contribution in [3.05, 3.63) is 101 Å². The largest absolute Gasteiger partial charge is 0.269 e. The van der Waals surface area contributed by atoms with Gasteiger partial charge in [0.1, 0.15) is 5.01 Å². The van der Waals surface area contributed by atoms with Crippen LogP contribution >= 0.6 is 11.3 Å². The zero-order chi connectivity index (χ0) is 22.4. The van der Waals surface area contributed by atoms with Crippen LogP contribution in [0.25, 0.3) is 16.3 Å². The van der Waals surface area contributed by atoms with Crippen LogP contribution in [0.2, 0.25) is 0 Å². The second-order valence-electron chi connectivity index (χ2n) is 7.63. The van der Waals surface area contributed by atoms with Crippen LogP contribution in [-0.2, 0) is 6.42 Å². The number of rotatable bonds is 5. The van der Waals surface area contributed by atoms with Crippen LogP contribution in [-0.4, -0.2) is 41.5 Å². The van der Waals surface area contributed by atoms with E-state index >= 15 is 0 Å². The van der Waals surface area contributed by atoms with E-state index in [9.17, 15) is 9.59 Å². The molecule has 0 aliphatic carbocycles. The van der Waals surface area contributed by atoms with Crippen LogP contribution in [0.15, 0.2) is 79.1 Å². The first-order valence-electron chi connectivity index (χ1n) is 10.3. The number of imide groups is 1. The number of pyridine rings is 1. The third kappa shape index (κ3) is 3.21. The van der Waals surface area contributed by atoms with Gasteiger partial charge in [0.15, 0.2) is 5.82 Å². The molecule has 0 saturated carbocycles. The number of benzene rings is 2. The number of hydrogen-bond acceptors (Lipinski definition) is 7. The Morgan fingerprint density at radius 1 is 0.818 bits per heavy atom. The summed E-state index contributed by atoms with van der Waals surface area (Å²) >= 11 is 1.33. The van der Waals surface area contributed by atoms with Crippen molar-refractivity contribution in [3.8, 4) is 11.4 Å². The highest BCUT2D eigenvalue weighted by molar-refractivity contribution is 7.16. The van der Waals surface area contributed by atoms with Gasteiger partial charge in [-0.25, -0.2) is 0 Å². The van der Waals surface area contributed by atoms with Gasteiger partial charge < -0.3 is 0 Å². The molecule has 0 unspecified atom stereocenters. The van der Waals surface area contributed by atoms with Crippen LogP contribution in [0.5, 0.6) is 0 Å². The molecule has 1 atom stereocenters. The minimum Gasteiger partial charge on any atom is -0.269 e. The summed E-state index contributed by atoms with van der Waals surface area (Å²) in [5, 5.41) is 13.9. The Kier molecular flexibility index (Phi) is 4.55. The Bertz CT molecular complexity index is 1460. The summed E-state index contributed by atoms with van der Waals surface area (Å²) < 4.78 is 1.66. The molecule has 0 bridgehead atoms. The zero-order valence-electron chi connectivity index (χ0n) is 17.2. The Labute approximate surface area is 192 Å². The highest BCUT2D eigenvalue weighted by atomic mass is 32.1. The molecule has 5 aromatic rings. The molecule has 9 heteroatoms. The van der Waals surface area contributed by atoms with Crippen LogP contribution < -0.4 is 0 Å². The lowest BCUT2D eigenvalue weighted by molar-refractivity contribution is 0.0580. The van der Waals surface area contributed by atoms with E-state index in [0.29, 0.717) is 33.3 Å². The number of hydrogen-bond donors (Lipinski definition) is 0. The third-order valence-electron chi connectivity index (χ3n) is 5.64. The van der Waals surface area contributed by atoms with Crippen LogP contribution in [0.3, 0.4) is 0 Å². The molecule has 0 radical (unpaired) electrons. The predicted molar refractivity (Wildman–Crippen MR) is 122 cm³/mol. The van der Waals surface area contributed by atoms with Crippen molar-refractivity contribution in [3.63, 3.8) is 0 Å². The number of aromatic nitrogens is 5. The maximum atomic E-state index is 13.3. The molecule has 0 fully saturated rings. The highest BCUT2D eigenvalue weighted by Crippen LogP contribution is 2.36. The maximum absolute atomic E-state index is 13.3. The average Bonchev–Trinajstić information content (AvgIpc) is 3.52. The van der Waals surface area contributed by atoms with E-state index in [-0.39, 0.29) is 11.8 Å². The standard InChI is InChI=1S/C24H16N6O2S/c31-22-17-8-4-5-9-18(17)23(32)29(22)19(14-15-6-2-1-3-7-15)21-28-30-20(26-27-24(30)33-21)16-10-12-25-13-11-16/h1-13,19H,14H2/t19-/m0/s1. The van der Waals surface area contributed by atoms with E-state index in [2.05, 4.69) is 15.2 Å². The molecule has 0 N–H and O–H groups in total. The molecule has 2 aromatic carbocycles. The number of nitrogens with zero attached hydrogens (tertiary/aromatic N) is 6. The molecule has 0 saturated heterocycles. The summed E-state index contributed by atoms with van der Waals surface area (Å²) in [6.07, 6.45) is 3.81. The molecule has 3 aromatic heterocycles. The van der Waals surface area contributed by atoms with Crippen molar-refractivity contribution in [1.29, 1.82) is 0 Å². The number of carbonyl (C=O) groups excluding carboxylic acids is 2. The normalized spacial score (nSPS) is 14.1. The van der Waals surface area contributed by atoms with Gasteiger partial charge in [-0.3, -0.25) is 19.5 Å². The molecule has 160 valence electrons. The molecule has 4 heterocycles. The quantitative estimate of drug-likeness (QED) is 0.376. The topological polar surface area (TPSA) is 93.4 Å². The molecule has 1 aliphatic rings. The van der Waals surface area contributed by atoms with Crippen LogP contribution in [0, 0.1) is 0 Å². The van der Waals surface area contributed by atoms with Crippen LogP contribution in [0.4, 0.5) is 0 Å². The lowest BCUT2D eigenvalue weighted by Crippen LogP contribution is -2.35. The molecular weight excluding hydrogens is 436 g/mol. The van der Waals surface area contributed by atoms with Gasteiger partial charge in [0.2, 0.25) is 4.96 Å². The predicted octanol–water partition coefficient (Wildman–Crippen LogP) is 3.83. The Balaban J connectivity index is 1.46. The van der Waals surface area contributed by atoms with E-state index in [0.717, 1.165) is 11.1 Å². The first kappa shape index (κ1) is 19.4. The van der Waals surface area contributed by atoms with Gasteiger partial charge in [-0.05, 0) is 36.2 Å². The second kappa shape index (κ2) is 7.72. The van der Waals surface area contributed by atoms with Crippen LogP contribution in [0.1, 0.15) is 37.3 Å². The minimum absolute atomic E-state index is 0.308. The average molecular weight is 452 g/mol. The summed E-state index contributed by atoms with van der Waals surface area (Å²) in [6, 6.07) is 19.8. The van der Waals surface area contributed by atoms with Crippen molar-refractivity contribution in [1.82, 2.24) is 29.7 Å². The fourth-order valence-electron chi connectivity index (χ4n) is 4.06. The summed E-state index contributed by atoms with van der Waals surface area (Å²) in [5.74, 6) is -0.0376. The lowest BCUT2D eigenvalue weighted by atomic mass is 10.1. The maximum Gasteiger partial charge on any atom is 0.262 e. The summed E-state index contributed by atoms with van der Waals surface area (Å²) in [6.45, 7) is 0. The van der Waals surface area contributed by atoms with Gasteiger partial charge in [0, 0.05) is 18.0 Å². The summed E-state index contributed by atoms with van der Waals surface area (Å²) in [5.41, 5.74) is 2.66. The van der Waals surface area contributed by atoms with Crippen molar-refractivity contribution < 1.29 is 9.59 Å². The van der Waals surface area contributed by atoms with Crippen molar-refractivity contribution in [2.75, 3.05) is 0 Å². The third-order valence-corrected chi connectivity index (χ3v) is 6.64. The molecule has 6 rings (SSSR count). The van der Waals surface area contributed by atoms with Gasteiger partial charge in [-0.15, -0.1) is 10.2 Å². The Morgan fingerprint density at radius 3 is 2.18 bits per heavy atom. The lowest BCUT2D eigenvalue weighted by Gasteiger charge is -2.24. The Hall–Kier alpha value is -4.24. The van der Waals surface area contributed by atoms with E-state index in [1.165, 1.54) is 16.2 Å². The van der Waals surface area contributed by atoms with Gasteiger partial charge in [0.25, 0.3) is 11.8 Å². The van der Waals surface area contributed by atoms with E-state index < -0.39 is 6.04 Å². The summed E-state index contributed by atoms with van der Waals surface area (Å²) in [4.78, 5) is 32.6. The number of amides is 2. The van der Waals surface area contributed by atoms with Crippen molar-refractivity contribution in [2.24, 2.45) is 0 Å². The van der Waals surface area contributed by atoms with Gasteiger partial charge in [0.05, 0.1) is 17.2 Å². The number of carbonyl (C=O) groups is 2. The minimum atomic E-state index is -0.572. The van der Waals surface area contributed by atoms with Crippen molar-refractivity contribution in [2.45, 2.75) is 12.5 Å².